The first-order valence-corrected chi connectivity index (χ1v) is 6.95. The number of anilines is 1. The summed E-state index contributed by atoms with van der Waals surface area (Å²) in [7, 11) is 0.240. The Morgan fingerprint density at radius 1 is 1.10 bits per heavy atom. The Morgan fingerprint density at radius 2 is 1.76 bits per heavy atom. The maximum Gasteiger partial charge on any atom is 0.488 e. The van der Waals surface area contributed by atoms with Crippen LogP contribution in [0.4, 0.5) is 10.1 Å². The molecule has 0 aliphatic heterocycles. The van der Waals surface area contributed by atoms with Crippen molar-refractivity contribution in [1.82, 2.24) is 0 Å². The normalized spacial score (nSPS) is 10.5. The van der Waals surface area contributed by atoms with Crippen molar-refractivity contribution in [2.45, 2.75) is 19.9 Å². The lowest BCUT2D eigenvalue weighted by Crippen LogP contribution is -2.35. The third kappa shape index (κ3) is 3.83. The van der Waals surface area contributed by atoms with Crippen LogP contribution >= 0.6 is 0 Å². The zero-order valence-corrected chi connectivity index (χ0v) is 12.3. The van der Waals surface area contributed by atoms with Crippen LogP contribution in [-0.2, 0) is 13.0 Å². The number of aryl methyl sites for hydroxylation is 1. The molecule has 0 fully saturated rings. The van der Waals surface area contributed by atoms with Gasteiger partial charge in [-0.05, 0) is 47.3 Å². The van der Waals surface area contributed by atoms with Gasteiger partial charge in [-0.2, -0.15) is 0 Å². The number of rotatable bonds is 5. The summed E-state index contributed by atoms with van der Waals surface area (Å²) in [4.78, 5) is 1.98. The molecule has 0 aliphatic rings. The first-order chi connectivity index (χ1) is 10.0. The lowest BCUT2D eigenvalue weighted by Gasteiger charge is -2.21. The maximum atomic E-state index is 13.2. The van der Waals surface area contributed by atoms with Gasteiger partial charge in [0.15, 0.2) is 0 Å². The van der Waals surface area contributed by atoms with Crippen LogP contribution in [0.15, 0.2) is 42.5 Å². The Kier molecular flexibility index (Phi) is 4.99. The fraction of sp³-hybridized carbons (Fsp3) is 0.250. The zero-order chi connectivity index (χ0) is 15.4. The Morgan fingerprint density at radius 3 is 2.33 bits per heavy atom. The first-order valence-electron chi connectivity index (χ1n) is 6.95. The molecule has 2 rings (SSSR count). The second kappa shape index (κ2) is 6.74. The monoisotopic (exact) mass is 287 g/mol. The first kappa shape index (κ1) is 15.5. The molecular formula is C16H19BFNO2. The van der Waals surface area contributed by atoms with Crippen molar-refractivity contribution in [2.24, 2.45) is 0 Å². The summed E-state index contributed by atoms with van der Waals surface area (Å²) in [6, 6.07) is 12.3. The summed E-state index contributed by atoms with van der Waals surface area (Å²) in [5.74, 6) is -0.475. The highest BCUT2D eigenvalue weighted by atomic mass is 19.1. The van der Waals surface area contributed by atoms with Crippen molar-refractivity contribution in [2.75, 3.05) is 11.9 Å². The smallest absolute Gasteiger partial charge is 0.423 e. The third-order valence-corrected chi connectivity index (χ3v) is 3.58. The van der Waals surface area contributed by atoms with Gasteiger partial charge >= 0.3 is 7.12 Å². The minimum absolute atomic E-state index is 0.201. The minimum atomic E-state index is -1.67. The average molecular weight is 287 g/mol. The molecule has 21 heavy (non-hydrogen) atoms. The van der Waals surface area contributed by atoms with Gasteiger partial charge in [-0.1, -0.05) is 25.1 Å². The Hall–Kier alpha value is -1.85. The maximum absolute atomic E-state index is 13.2. The highest BCUT2D eigenvalue weighted by molar-refractivity contribution is 6.59. The predicted molar refractivity (Wildman–Crippen MR) is 84.2 cm³/mol. The van der Waals surface area contributed by atoms with Crippen LogP contribution in [0.25, 0.3) is 0 Å². The van der Waals surface area contributed by atoms with Gasteiger partial charge in [0.1, 0.15) is 5.82 Å². The molecule has 0 radical (unpaired) electrons. The molecule has 2 N–H and O–H groups in total. The van der Waals surface area contributed by atoms with Gasteiger partial charge in [0.25, 0.3) is 0 Å². The van der Waals surface area contributed by atoms with E-state index in [1.165, 1.54) is 11.6 Å². The van der Waals surface area contributed by atoms with Crippen LogP contribution in [0.5, 0.6) is 0 Å². The van der Waals surface area contributed by atoms with Crippen LogP contribution in [0.3, 0.4) is 0 Å². The lowest BCUT2D eigenvalue weighted by molar-refractivity contribution is 0.425. The SMILES string of the molecule is CCc1ccc(N(C)Cc2ccc(F)cc2B(O)O)cc1. The van der Waals surface area contributed by atoms with Crippen LogP contribution < -0.4 is 10.4 Å². The highest BCUT2D eigenvalue weighted by Gasteiger charge is 2.17. The molecule has 0 unspecified atom stereocenters. The number of hydrogen-bond donors (Lipinski definition) is 2. The van der Waals surface area contributed by atoms with Crippen LogP contribution in [-0.4, -0.2) is 24.2 Å². The number of hydrogen-bond acceptors (Lipinski definition) is 3. The van der Waals surface area contributed by atoms with Gasteiger partial charge in [0, 0.05) is 19.3 Å². The predicted octanol–water partition coefficient (Wildman–Crippen LogP) is 1.70. The van der Waals surface area contributed by atoms with Crippen LogP contribution in [0, 0.1) is 5.82 Å². The van der Waals surface area contributed by atoms with Crippen molar-refractivity contribution in [1.29, 1.82) is 0 Å². The van der Waals surface area contributed by atoms with Crippen LogP contribution in [0.2, 0.25) is 0 Å². The molecule has 0 aliphatic carbocycles. The molecule has 0 bridgehead atoms. The topological polar surface area (TPSA) is 43.7 Å². The van der Waals surface area contributed by atoms with Crippen molar-refractivity contribution >= 4 is 18.3 Å². The van der Waals surface area contributed by atoms with Crippen molar-refractivity contribution < 1.29 is 14.4 Å². The van der Waals surface area contributed by atoms with Gasteiger partial charge in [-0.15, -0.1) is 0 Å². The fourth-order valence-corrected chi connectivity index (χ4v) is 2.28. The Bertz CT molecular complexity index is 602. The van der Waals surface area contributed by atoms with E-state index in [1.807, 2.05) is 24.1 Å². The standard InChI is InChI=1S/C16H19BFNO2/c1-3-12-4-8-15(9-5-12)19(2)11-13-6-7-14(18)10-16(13)17(20)21/h4-10,20-21H,3,11H2,1-2H3. The van der Waals surface area contributed by atoms with Gasteiger partial charge < -0.3 is 14.9 Å². The van der Waals surface area contributed by atoms with E-state index in [0.717, 1.165) is 18.2 Å². The molecule has 0 aromatic heterocycles. The fourth-order valence-electron chi connectivity index (χ4n) is 2.28. The molecule has 0 spiro atoms. The largest absolute Gasteiger partial charge is 0.488 e. The van der Waals surface area contributed by atoms with Crippen molar-refractivity contribution in [3.8, 4) is 0 Å². The van der Waals surface area contributed by atoms with E-state index in [2.05, 4.69) is 19.1 Å². The van der Waals surface area contributed by atoms with E-state index in [4.69, 9.17) is 0 Å². The molecule has 110 valence electrons. The number of nitrogens with zero attached hydrogens (tertiary/aromatic N) is 1. The molecule has 0 saturated heterocycles. The minimum Gasteiger partial charge on any atom is -0.423 e. The molecule has 0 heterocycles. The van der Waals surface area contributed by atoms with E-state index in [-0.39, 0.29) is 5.46 Å². The quantitative estimate of drug-likeness (QED) is 0.823. The molecule has 3 nitrogen and oxygen atoms in total. The Balaban J connectivity index is 2.20. The molecule has 5 heteroatoms. The average Bonchev–Trinajstić information content (AvgIpc) is 2.49. The van der Waals surface area contributed by atoms with E-state index < -0.39 is 12.9 Å². The van der Waals surface area contributed by atoms with Crippen molar-refractivity contribution in [3.05, 3.63) is 59.4 Å². The second-order valence-electron chi connectivity index (χ2n) is 5.09. The molecule has 0 atom stereocenters. The molecular weight excluding hydrogens is 268 g/mol. The Labute approximate surface area is 124 Å². The molecule has 0 saturated carbocycles. The van der Waals surface area contributed by atoms with Gasteiger partial charge in [-0.25, -0.2) is 4.39 Å². The van der Waals surface area contributed by atoms with Gasteiger partial charge in [0.2, 0.25) is 0 Å². The summed E-state index contributed by atoms with van der Waals surface area (Å²) >= 11 is 0. The summed E-state index contributed by atoms with van der Waals surface area (Å²) in [6.45, 7) is 2.57. The molecule has 0 amide bonds. The summed E-state index contributed by atoms with van der Waals surface area (Å²) in [5, 5.41) is 18.7. The summed E-state index contributed by atoms with van der Waals surface area (Å²) in [6.07, 6.45) is 0.989. The van der Waals surface area contributed by atoms with E-state index in [1.54, 1.807) is 6.07 Å². The second-order valence-corrected chi connectivity index (χ2v) is 5.09. The van der Waals surface area contributed by atoms with Crippen LogP contribution in [0.1, 0.15) is 18.1 Å². The summed E-state index contributed by atoms with van der Waals surface area (Å²) < 4.78 is 13.2. The number of benzene rings is 2. The lowest BCUT2D eigenvalue weighted by atomic mass is 9.77. The van der Waals surface area contributed by atoms with E-state index in [0.29, 0.717) is 12.1 Å². The zero-order valence-electron chi connectivity index (χ0n) is 12.3. The number of halogens is 1. The van der Waals surface area contributed by atoms with E-state index in [9.17, 15) is 14.4 Å². The molecule has 2 aromatic carbocycles. The summed E-state index contributed by atoms with van der Waals surface area (Å²) in [5.41, 5.74) is 3.18. The van der Waals surface area contributed by atoms with E-state index >= 15 is 0 Å². The highest BCUT2D eigenvalue weighted by Crippen LogP contribution is 2.16. The van der Waals surface area contributed by atoms with Gasteiger partial charge in [-0.3, -0.25) is 0 Å². The third-order valence-electron chi connectivity index (χ3n) is 3.58. The van der Waals surface area contributed by atoms with Crippen molar-refractivity contribution in [3.63, 3.8) is 0 Å². The molecule has 2 aromatic rings. The van der Waals surface area contributed by atoms with Gasteiger partial charge in [0.05, 0.1) is 0 Å².